The standard InChI is InChI=1S/C20H31N3O3S/c1-16-8-9-19(17(2)14-16)27(25,26)23-12-10-22(11-13-23)15-20(24)21-18-6-4-3-5-7-18/h8-9,14,18H,3-7,10-13,15H2,1-2H3,(H,21,24). The number of amides is 1. The monoisotopic (exact) mass is 393 g/mol. The van der Waals surface area contributed by atoms with Crippen molar-refractivity contribution in [2.75, 3.05) is 32.7 Å². The van der Waals surface area contributed by atoms with E-state index in [4.69, 9.17) is 0 Å². The minimum atomic E-state index is -3.48. The highest BCUT2D eigenvalue weighted by molar-refractivity contribution is 7.89. The third-order valence-electron chi connectivity index (χ3n) is 5.62. The average Bonchev–Trinajstić information content (AvgIpc) is 2.62. The summed E-state index contributed by atoms with van der Waals surface area (Å²) in [5, 5.41) is 3.13. The molecule has 1 aliphatic carbocycles. The van der Waals surface area contributed by atoms with E-state index >= 15 is 0 Å². The van der Waals surface area contributed by atoms with Gasteiger partial charge in [0.25, 0.3) is 0 Å². The van der Waals surface area contributed by atoms with Crippen LogP contribution in [-0.2, 0) is 14.8 Å². The minimum Gasteiger partial charge on any atom is -0.352 e. The van der Waals surface area contributed by atoms with Crippen LogP contribution in [0.2, 0.25) is 0 Å². The number of nitrogens with one attached hydrogen (secondary N) is 1. The topological polar surface area (TPSA) is 69.7 Å². The first kappa shape index (κ1) is 20.3. The second kappa shape index (κ2) is 8.71. The lowest BCUT2D eigenvalue weighted by molar-refractivity contribution is -0.123. The first-order valence-corrected chi connectivity index (χ1v) is 11.4. The number of aryl methyl sites for hydroxylation is 2. The third kappa shape index (κ3) is 5.09. The molecule has 1 aromatic rings. The predicted octanol–water partition coefficient (Wildman–Crippen LogP) is 2.06. The van der Waals surface area contributed by atoms with Crippen LogP contribution in [0.3, 0.4) is 0 Å². The summed E-state index contributed by atoms with van der Waals surface area (Å²) in [5.74, 6) is 0.0626. The molecule has 0 atom stereocenters. The second-order valence-corrected chi connectivity index (χ2v) is 9.76. The Morgan fingerprint density at radius 2 is 1.74 bits per heavy atom. The van der Waals surface area contributed by atoms with Crippen molar-refractivity contribution < 1.29 is 13.2 Å². The first-order chi connectivity index (χ1) is 12.9. The number of hydrogen-bond acceptors (Lipinski definition) is 4. The molecule has 1 amide bonds. The molecule has 6 nitrogen and oxygen atoms in total. The Hall–Kier alpha value is -1.44. The van der Waals surface area contributed by atoms with Gasteiger partial charge in [0.2, 0.25) is 15.9 Å². The maximum Gasteiger partial charge on any atom is 0.243 e. The van der Waals surface area contributed by atoms with Gasteiger partial charge in [0.15, 0.2) is 0 Å². The summed E-state index contributed by atoms with van der Waals surface area (Å²) in [6, 6.07) is 5.76. The Labute approximate surface area is 163 Å². The molecular weight excluding hydrogens is 362 g/mol. The van der Waals surface area contributed by atoms with Crippen molar-refractivity contribution in [1.29, 1.82) is 0 Å². The van der Waals surface area contributed by atoms with E-state index in [1.807, 2.05) is 30.9 Å². The van der Waals surface area contributed by atoms with Gasteiger partial charge in [0, 0.05) is 32.2 Å². The van der Waals surface area contributed by atoms with Crippen LogP contribution in [0.4, 0.5) is 0 Å². The zero-order valence-corrected chi connectivity index (χ0v) is 17.2. The number of carbonyl (C=O) groups is 1. The Bertz CT molecular complexity index is 765. The lowest BCUT2D eigenvalue weighted by atomic mass is 9.95. The van der Waals surface area contributed by atoms with Crippen LogP contribution in [0.15, 0.2) is 23.1 Å². The van der Waals surface area contributed by atoms with Gasteiger partial charge in [-0.1, -0.05) is 37.0 Å². The van der Waals surface area contributed by atoms with Gasteiger partial charge in [-0.15, -0.1) is 0 Å². The molecule has 1 heterocycles. The number of benzene rings is 1. The zero-order valence-electron chi connectivity index (χ0n) is 16.4. The van der Waals surface area contributed by atoms with Crippen molar-refractivity contribution in [1.82, 2.24) is 14.5 Å². The van der Waals surface area contributed by atoms with Gasteiger partial charge in [-0.25, -0.2) is 8.42 Å². The molecule has 1 saturated carbocycles. The quantitative estimate of drug-likeness (QED) is 0.831. The maximum atomic E-state index is 12.9. The van der Waals surface area contributed by atoms with Crippen LogP contribution in [0.25, 0.3) is 0 Å². The number of carbonyl (C=O) groups excluding carboxylic acids is 1. The van der Waals surface area contributed by atoms with Crippen LogP contribution < -0.4 is 5.32 Å². The highest BCUT2D eigenvalue weighted by Gasteiger charge is 2.30. The average molecular weight is 394 g/mol. The van der Waals surface area contributed by atoms with Gasteiger partial charge in [-0.3, -0.25) is 9.69 Å². The lowest BCUT2D eigenvalue weighted by Gasteiger charge is -2.34. The molecule has 0 bridgehead atoms. The summed E-state index contributed by atoms with van der Waals surface area (Å²) in [6.07, 6.45) is 5.81. The molecule has 3 rings (SSSR count). The van der Waals surface area contributed by atoms with Gasteiger partial charge in [0.05, 0.1) is 11.4 Å². The van der Waals surface area contributed by atoms with Crippen molar-refractivity contribution >= 4 is 15.9 Å². The molecule has 0 radical (unpaired) electrons. The summed E-state index contributed by atoms with van der Waals surface area (Å²) < 4.78 is 27.4. The van der Waals surface area contributed by atoms with Crippen molar-refractivity contribution in [2.24, 2.45) is 0 Å². The summed E-state index contributed by atoms with van der Waals surface area (Å²) in [4.78, 5) is 14.7. The molecular formula is C20H31N3O3S. The van der Waals surface area contributed by atoms with Crippen molar-refractivity contribution in [3.8, 4) is 0 Å². The van der Waals surface area contributed by atoms with Crippen LogP contribution in [-0.4, -0.2) is 62.3 Å². The van der Waals surface area contributed by atoms with E-state index < -0.39 is 10.0 Å². The fraction of sp³-hybridized carbons (Fsp3) is 0.650. The summed E-state index contributed by atoms with van der Waals surface area (Å²) >= 11 is 0. The molecule has 7 heteroatoms. The van der Waals surface area contributed by atoms with Crippen molar-refractivity contribution in [2.45, 2.75) is 56.9 Å². The molecule has 0 aromatic heterocycles. The zero-order chi connectivity index (χ0) is 19.4. The van der Waals surface area contributed by atoms with Gasteiger partial charge in [0.1, 0.15) is 0 Å². The molecule has 1 aromatic carbocycles. The Kier molecular flexibility index (Phi) is 6.55. The van der Waals surface area contributed by atoms with E-state index in [2.05, 4.69) is 5.32 Å². The highest BCUT2D eigenvalue weighted by atomic mass is 32.2. The van der Waals surface area contributed by atoms with E-state index in [1.165, 1.54) is 19.3 Å². The number of rotatable bonds is 5. The fourth-order valence-corrected chi connectivity index (χ4v) is 5.71. The molecule has 2 fully saturated rings. The normalized spacial score (nSPS) is 20.5. The molecule has 1 saturated heterocycles. The maximum absolute atomic E-state index is 12.9. The molecule has 2 aliphatic rings. The number of piperazine rings is 1. The highest BCUT2D eigenvalue weighted by Crippen LogP contribution is 2.22. The van der Waals surface area contributed by atoms with E-state index in [0.29, 0.717) is 43.7 Å². The third-order valence-corrected chi connectivity index (χ3v) is 7.68. The lowest BCUT2D eigenvalue weighted by Crippen LogP contribution is -2.52. The van der Waals surface area contributed by atoms with E-state index in [9.17, 15) is 13.2 Å². The fourth-order valence-electron chi connectivity index (χ4n) is 4.08. The minimum absolute atomic E-state index is 0.0626. The van der Waals surface area contributed by atoms with Crippen LogP contribution in [0, 0.1) is 13.8 Å². The van der Waals surface area contributed by atoms with E-state index in [0.717, 1.165) is 24.0 Å². The summed E-state index contributed by atoms with van der Waals surface area (Å²) in [7, 11) is -3.48. The Balaban J connectivity index is 1.52. The van der Waals surface area contributed by atoms with Gasteiger partial charge in [-0.05, 0) is 38.3 Å². The number of hydrogen-bond donors (Lipinski definition) is 1. The Morgan fingerprint density at radius 1 is 1.07 bits per heavy atom. The van der Waals surface area contributed by atoms with Gasteiger partial charge in [-0.2, -0.15) is 4.31 Å². The van der Waals surface area contributed by atoms with Crippen LogP contribution >= 0.6 is 0 Å². The molecule has 1 aliphatic heterocycles. The van der Waals surface area contributed by atoms with E-state index in [-0.39, 0.29) is 5.91 Å². The van der Waals surface area contributed by atoms with Crippen LogP contribution in [0.5, 0.6) is 0 Å². The molecule has 1 N–H and O–H groups in total. The largest absolute Gasteiger partial charge is 0.352 e. The van der Waals surface area contributed by atoms with Gasteiger partial charge < -0.3 is 5.32 Å². The molecule has 27 heavy (non-hydrogen) atoms. The second-order valence-electron chi connectivity index (χ2n) is 7.85. The van der Waals surface area contributed by atoms with Crippen molar-refractivity contribution in [3.05, 3.63) is 29.3 Å². The molecule has 0 unspecified atom stereocenters. The smallest absolute Gasteiger partial charge is 0.243 e. The number of nitrogens with zero attached hydrogens (tertiary/aromatic N) is 2. The van der Waals surface area contributed by atoms with Gasteiger partial charge >= 0.3 is 0 Å². The Morgan fingerprint density at radius 3 is 2.37 bits per heavy atom. The summed E-state index contributed by atoms with van der Waals surface area (Å²) in [5.41, 5.74) is 1.84. The first-order valence-electron chi connectivity index (χ1n) is 9.95. The predicted molar refractivity (Wildman–Crippen MR) is 106 cm³/mol. The molecule has 0 spiro atoms. The SMILES string of the molecule is Cc1ccc(S(=O)(=O)N2CCN(CC(=O)NC3CCCCC3)CC2)c(C)c1. The van der Waals surface area contributed by atoms with Crippen molar-refractivity contribution in [3.63, 3.8) is 0 Å². The summed E-state index contributed by atoms with van der Waals surface area (Å²) in [6.45, 7) is 6.17. The molecule has 150 valence electrons. The number of sulfonamides is 1. The van der Waals surface area contributed by atoms with Crippen LogP contribution in [0.1, 0.15) is 43.2 Å². The van der Waals surface area contributed by atoms with E-state index in [1.54, 1.807) is 10.4 Å².